The third-order valence-corrected chi connectivity index (χ3v) is 5.50. The summed E-state index contributed by atoms with van der Waals surface area (Å²) in [5.41, 5.74) is 3.04. The highest BCUT2D eigenvalue weighted by Gasteiger charge is 2.20. The molecule has 4 rings (SSSR count). The fourth-order valence-corrected chi connectivity index (χ4v) is 4.06. The van der Waals surface area contributed by atoms with Crippen LogP contribution in [0.15, 0.2) is 40.3 Å². The van der Waals surface area contributed by atoms with E-state index in [1.807, 2.05) is 24.5 Å². The first-order chi connectivity index (χ1) is 12.3. The van der Waals surface area contributed by atoms with Gasteiger partial charge in [-0.3, -0.25) is 9.36 Å². The molecular formula is C19H22N4OS. The second-order valence-corrected chi connectivity index (χ2v) is 7.30. The predicted octanol–water partition coefficient (Wildman–Crippen LogP) is 3.32. The molecule has 3 aromatic rings. The molecule has 0 fully saturated rings. The van der Waals surface area contributed by atoms with Crippen molar-refractivity contribution in [1.82, 2.24) is 19.2 Å². The van der Waals surface area contributed by atoms with Crippen LogP contribution >= 0.6 is 11.8 Å². The minimum atomic E-state index is 0.0176. The molecule has 0 atom stereocenters. The zero-order valence-electron chi connectivity index (χ0n) is 14.4. The molecule has 1 aliphatic rings. The van der Waals surface area contributed by atoms with E-state index in [9.17, 15) is 4.79 Å². The molecule has 1 aliphatic carbocycles. The maximum atomic E-state index is 13.0. The standard InChI is InChI=1S/C19H22N4OS/c1-25-19-21-23-17(24)15-11-7-2-3-8-12-16(15)20-18(23)22(19)13-14-9-5-4-6-10-14/h4-6,9-10H,2-3,7-8,11-13H2,1H3. The molecule has 2 aromatic heterocycles. The maximum absolute atomic E-state index is 13.0. The van der Waals surface area contributed by atoms with E-state index in [0.29, 0.717) is 12.3 Å². The Morgan fingerprint density at radius 1 is 1.08 bits per heavy atom. The maximum Gasteiger partial charge on any atom is 0.279 e. The lowest BCUT2D eigenvalue weighted by Gasteiger charge is -2.13. The summed E-state index contributed by atoms with van der Waals surface area (Å²) in [5, 5.41) is 5.38. The topological polar surface area (TPSA) is 52.2 Å². The zero-order chi connectivity index (χ0) is 17.2. The van der Waals surface area contributed by atoms with Crippen LogP contribution < -0.4 is 5.56 Å². The lowest BCUT2D eigenvalue weighted by Crippen LogP contribution is -2.24. The average molecular weight is 354 g/mol. The smallest absolute Gasteiger partial charge is 0.279 e. The minimum absolute atomic E-state index is 0.0176. The summed E-state index contributed by atoms with van der Waals surface area (Å²) in [7, 11) is 0. The molecule has 0 N–H and O–H groups in total. The molecule has 1 aromatic carbocycles. The SMILES string of the molecule is CSc1nn2c(=O)c3c(nc2n1Cc1ccccc1)CCCCCC3. The summed E-state index contributed by atoms with van der Waals surface area (Å²) in [6.07, 6.45) is 8.30. The van der Waals surface area contributed by atoms with Crippen molar-refractivity contribution in [2.45, 2.75) is 50.2 Å². The predicted molar refractivity (Wildman–Crippen MR) is 100 cm³/mol. The van der Waals surface area contributed by atoms with Crippen LogP contribution in [0, 0.1) is 0 Å². The van der Waals surface area contributed by atoms with Crippen LogP contribution in [0.3, 0.4) is 0 Å². The Hall–Kier alpha value is -2.08. The number of benzene rings is 1. The first kappa shape index (κ1) is 16.4. The molecule has 0 aliphatic heterocycles. The van der Waals surface area contributed by atoms with Crippen molar-refractivity contribution in [3.8, 4) is 0 Å². The summed E-state index contributed by atoms with van der Waals surface area (Å²) in [5.74, 6) is 0.664. The Kier molecular flexibility index (Phi) is 4.61. The summed E-state index contributed by atoms with van der Waals surface area (Å²) >= 11 is 1.55. The Labute approximate surface area is 151 Å². The van der Waals surface area contributed by atoms with Crippen molar-refractivity contribution >= 4 is 17.5 Å². The van der Waals surface area contributed by atoms with E-state index in [0.717, 1.165) is 42.1 Å². The zero-order valence-corrected chi connectivity index (χ0v) is 15.3. The van der Waals surface area contributed by atoms with Gasteiger partial charge in [-0.25, -0.2) is 4.98 Å². The number of fused-ring (bicyclic) bond motifs is 2. The minimum Gasteiger partial charge on any atom is -0.283 e. The monoisotopic (exact) mass is 354 g/mol. The second-order valence-electron chi connectivity index (χ2n) is 6.53. The van der Waals surface area contributed by atoms with E-state index in [1.54, 1.807) is 11.8 Å². The van der Waals surface area contributed by atoms with E-state index in [-0.39, 0.29) is 5.56 Å². The van der Waals surface area contributed by atoms with Gasteiger partial charge in [-0.1, -0.05) is 54.9 Å². The number of rotatable bonds is 3. The number of hydrogen-bond donors (Lipinski definition) is 0. The van der Waals surface area contributed by atoms with E-state index >= 15 is 0 Å². The van der Waals surface area contributed by atoms with E-state index in [4.69, 9.17) is 4.98 Å². The van der Waals surface area contributed by atoms with Gasteiger partial charge in [0.15, 0.2) is 5.16 Å². The molecule has 2 heterocycles. The molecule has 0 unspecified atom stereocenters. The van der Waals surface area contributed by atoms with Gasteiger partial charge in [0.2, 0.25) is 5.78 Å². The van der Waals surface area contributed by atoms with Gasteiger partial charge in [-0.15, -0.1) is 5.10 Å². The molecule has 5 nitrogen and oxygen atoms in total. The summed E-state index contributed by atoms with van der Waals surface area (Å²) in [6.45, 7) is 0.672. The third kappa shape index (κ3) is 3.11. The molecule has 0 saturated carbocycles. The highest BCUT2D eigenvalue weighted by molar-refractivity contribution is 7.98. The molecule has 0 bridgehead atoms. The van der Waals surface area contributed by atoms with Crippen molar-refractivity contribution in [2.24, 2.45) is 0 Å². The number of thioether (sulfide) groups is 1. The fraction of sp³-hybridized carbons (Fsp3) is 0.421. The lowest BCUT2D eigenvalue weighted by molar-refractivity contribution is 0.600. The van der Waals surface area contributed by atoms with E-state index in [2.05, 4.69) is 21.8 Å². The average Bonchev–Trinajstić information content (AvgIpc) is 2.95. The van der Waals surface area contributed by atoms with Gasteiger partial charge in [0.05, 0.1) is 12.2 Å². The van der Waals surface area contributed by atoms with Crippen molar-refractivity contribution in [2.75, 3.05) is 6.26 Å². The number of hydrogen-bond acceptors (Lipinski definition) is 4. The second kappa shape index (κ2) is 7.04. The summed E-state index contributed by atoms with van der Waals surface area (Å²) in [4.78, 5) is 17.9. The van der Waals surface area contributed by atoms with Gasteiger partial charge < -0.3 is 0 Å². The molecule has 0 amide bonds. The van der Waals surface area contributed by atoms with Crippen LogP contribution in [0.25, 0.3) is 5.78 Å². The Balaban J connectivity index is 1.88. The number of aryl methyl sites for hydroxylation is 1. The summed E-state index contributed by atoms with van der Waals surface area (Å²) in [6, 6.07) is 10.2. The summed E-state index contributed by atoms with van der Waals surface area (Å²) < 4.78 is 3.57. The van der Waals surface area contributed by atoms with Crippen LogP contribution in [0.4, 0.5) is 0 Å². The van der Waals surface area contributed by atoms with Crippen LogP contribution in [-0.2, 0) is 19.4 Å². The molecular weight excluding hydrogens is 332 g/mol. The molecule has 0 spiro atoms. The van der Waals surface area contributed by atoms with Crippen LogP contribution in [0.2, 0.25) is 0 Å². The van der Waals surface area contributed by atoms with Crippen molar-refractivity contribution < 1.29 is 0 Å². The van der Waals surface area contributed by atoms with Crippen LogP contribution in [-0.4, -0.2) is 25.4 Å². The number of aromatic nitrogens is 4. The van der Waals surface area contributed by atoms with Gasteiger partial charge >= 0.3 is 0 Å². The van der Waals surface area contributed by atoms with E-state index in [1.165, 1.54) is 22.9 Å². The van der Waals surface area contributed by atoms with Gasteiger partial charge in [-0.2, -0.15) is 4.52 Å². The Bertz CT molecular complexity index is 945. The van der Waals surface area contributed by atoms with Crippen LogP contribution in [0.1, 0.15) is 42.5 Å². The first-order valence-corrected chi connectivity index (χ1v) is 10.1. The largest absolute Gasteiger partial charge is 0.283 e. The first-order valence-electron chi connectivity index (χ1n) is 8.87. The highest BCUT2D eigenvalue weighted by Crippen LogP contribution is 2.20. The normalized spacial score (nSPS) is 14.9. The van der Waals surface area contributed by atoms with Crippen molar-refractivity contribution in [3.05, 3.63) is 57.5 Å². The molecule has 130 valence electrons. The Morgan fingerprint density at radius 2 is 1.84 bits per heavy atom. The van der Waals surface area contributed by atoms with E-state index < -0.39 is 0 Å². The fourth-order valence-electron chi connectivity index (χ4n) is 3.53. The lowest BCUT2D eigenvalue weighted by atomic mass is 9.98. The van der Waals surface area contributed by atoms with Crippen molar-refractivity contribution in [3.63, 3.8) is 0 Å². The van der Waals surface area contributed by atoms with Gasteiger partial charge in [-0.05, 0) is 37.5 Å². The van der Waals surface area contributed by atoms with Crippen LogP contribution in [0.5, 0.6) is 0 Å². The molecule has 0 radical (unpaired) electrons. The molecule has 25 heavy (non-hydrogen) atoms. The van der Waals surface area contributed by atoms with Gasteiger partial charge in [0.25, 0.3) is 5.56 Å². The van der Waals surface area contributed by atoms with Crippen molar-refractivity contribution in [1.29, 1.82) is 0 Å². The van der Waals surface area contributed by atoms with Gasteiger partial charge in [0.1, 0.15) is 0 Å². The number of nitrogens with zero attached hydrogens (tertiary/aromatic N) is 4. The third-order valence-electron chi connectivity index (χ3n) is 4.84. The van der Waals surface area contributed by atoms with Gasteiger partial charge in [0, 0.05) is 5.56 Å². The Morgan fingerprint density at radius 3 is 2.60 bits per heavy atom. The molecule has 0 saturated heterocycles. The highest BCUT2D eigenvalue weighted by atomic mass is 32.2. The quantitative estimate of drug-likeness (QED) is 0.677. The molecule has 6 heteroatoms.